The minimum Gasteiger partial charge on any atom is -0.353 e. The molecule has 0 aliphatic heterocycles. The Morgan fingerprint density at radius 1 is 0.933 bits per heavy atom. The molecule has 0 aromatic carbocycles. The van der Waals surface area contributed by atoms with Gasteiger partial charge in [0.25, 0.3) is 0 Å². The summed E-state index contributed by atoms with van der Waals surface area (Å²) < 4.78 is 10.9. The first kappa shape index (κ1) is 14.7. The monoisotopic (exact) mass is 214 g/mol. The Bertz CT molecular complexity index is 137. The molecule has 0 saturated heterocycles. The van der Waals surface area contributed by atoms with Gasteiger partial charge in [0, 0.05) is 13.2 Å². The zero-order valence-corrected chi connectivity index (χ0v) is 10.5. The van der Waals surface area contributed by atoms with Gasteiger partial charge >= 0.3 is 0 Å². The molecule has 0 atom stereocenters. The highest BCUT2D eigenvalue weighted by molar-refractivity contribution is 4.79. The second-order valence-electron chi connectivity index (χ2n) is 3.50. The Balaban J connectivity index is 3.39. The number of ether oxygens (including phenoxy) is 2. The van der Waals surface area contributed by atoms with Crippen molar-refractivity contribution in [3.05, 3.63) is 12.2 Å². The zero-order valence-electron chi connectivity index (χ0n) is 10.5. The third-order valence-electron chi connectivity index (χ3n) is 2.17. The van der Waals surface area contributed by atoms with Crippen molar-refractivity contribution in [1.29, 1.82) is 0 Å². The van der Waals surface area contributed by atoms with Crippen molar-refractivity contribution in [2.24, 2.45) is 0 Å². The summed E-state index contributed by atoms with van der Waals surface area (Å²) in [6, 6.07) is 0. The first-order chi connectivity index (χ1) is 7.35. The van der Waals surface area contributed by atoms with Crippen LogP contribution >= 0.6 is 0 Å². The standard InChI is InChI=1S/C13H26O2/c1-4-7-8-9-10-11-12-13(14-5-2)15-6-3/h7-8,13H,4-6,9-12H2,1-3H3/b8-7+. The second-order valence-corrected chi connectivity index (χ2v) is 3.50. The van der Waals surface area contributed by atoms with Gasteiger partial charge in [-0.1, -0.05) is 19.1 Å². The molecule has 0 aromatic heterocycles. The highest BCUT2D eigenvalue weighted by Crippen LogP contribution is 2.08. The molecule has 0 radical (unpaired) electrons. The van der Waals surface area contributed by atoms with Crippen molar-refractivity contribution in [2.75, 3.05) is 13.2 Å². The molecule has 0 heterocycles. The van der Waals surface area contributed by atoms with Crippen molar-refractivity contribution in [3.8, 4) is 0 Å². The Hall–Kier alpha value is -0.340. The highest BCUT2D eigenvalue weighted by atomic mass is 16.7. The Morgan fingerprint density at radius 2 is 1.60 bits per heavy atom. The van der Waals surface area contributed by atoms with Gasteiger partial charge in [0.1, 0.15) is 0 Å². The van der Waals surface area contributed by atoms with E-state index >= 15 is 0 Å². The number of hydrogen-bond donors (Lipinski definition) is 0. The predicted octanol–water partition coefficient (Wildman–Crippen LogP) is 3.91. The smallest absolute Gasteiger partial charge is 0.157 e. The molecule has 2 heteroatoms. The summed E-state index contributed by atoms with van der Waals surface area (Å²) in [6.45, 7) is 7.66. The number of unbranched alkanes of at least 4 members (excludes halogenated alkanes) is 2. The lowest BCUT2D eigenvalue weighted by Gasteiger charge is -2.16. The van der Waals surface area contributed by atoms with Crippen LogP contribution in [-0.2, 0) is 9.47 Å². The van der Waals surface area contributed by atoms with Crippen molar-refractivity contribution in [3.63, 3.8) is 0 Å². The Morgan fingerprint density at radius 3 is 2.13 bits per heavy atom. The average molecular weight is 214 g/mol. The molecule has 0 aliphatic rings. The van der Waals surface area contributed by atoms with Gasteiger partial charge in [-0.05, 0) is 46.0 Å². The summed E-state index contributed by atoms with van der Waals surface area (Å²) in [4.78, 5) is 0. The summed E-state index contributed by atoms with van der Waals surface area (Å²) in [5.41, 5.74) is 0. The van der Waals surface area contributed by atoms with Gasteiger partial charge < -0.3 is 9.47 Å². The van der Waals surface area contributed by atoms with Crippen LogP contribution in [0.15, 0.2) is 12.2 Å². The van der Waals surface area contributed by atoms with E-state index in [9.17, 15) is 0 Å². The van der Waals surface area contributed by atoms with Crippen LogP contribution in [-0.4, -0.2) is 19.5 Å². The maximum absolute atomic E-state index is 5.47. The van der Waals surface area contributed by atoms with Crippen molar-refractivity contribution in [1.82, 2.24) is 0 Å². The maximum Gasteiger partial charge on any atom is 0.157 e. The Labute approximate surface area is 94.7 Å². The van der Waals surface area contributed by atoms with Gasteiger partial charge in [0.2, 0.25) is 0 Å². The quantitative estimate of drug-likeness (QED) is 0.312. The molecule has 0 amide bonds. The number of rotatable bonds is 10. The molecule has 0 aliphatic carbocycles. The minimum absolute atomic E-state index is 0.00940. The van der Waals surface area contributed by atoms with Gasteiger partial charge in [-0.3, -0.25) is 0 Å². The lowest BCUT2D eigenvalue weighted by atomic mass is 10.2. The van der Waals surface area contributed by atoms with Gasteiger partial charge in [-0.2, -0.15) is 0 Å². The molecule has 0 fully saturated rings. The normalized spacial score (nSPS) is 11.7. The zero-order chi connectivity index (χ0) is 11.4. The summed E-state index contributed by atoms with van der Waals surface area (Å²) >= 11 is 0. The summed E-state index contributed by atoms with van der Waals surface area (Å²) in [5, 5.41) is 0. The molecule has 15 heavy (non-hydrogen) atoms. The SMILES string of the molecule is CC/C=C/CCCCC(OCC)OCC. The summed E-state index contributed by atoms with van der Waals surface area (Å²) in [5.74, 6) is 0. The Kier molecular flexibility index (Phi) is 11.5. The van der Waals surface area contributed by atoms with Gasteiger partial charge in [-0.15, -0.1) is 0 Å². The number of allylic oxidation sites excluding steroid dienone is 2. The van der Waals surface area contributed by atoms with Crippen LogP contribution in [0.4, 0.5) is 0 Å². The van der Waals surface area contributed by atoms with Gasteiger partial charge in [0.15, 0.2) is 6.29 Å². The molecule has 0 bridgehead atoms. The molecular weight excluding hydrogens is 188 g/mol. The molecule has 90 valence electrons. The second kappa shape index (κ2) is 11.7. The lowest BCUT2D eigenvalue weighted by molar-refractivity contribution is -0.140. The predicted molar refractivity (Wildman–Crippen MR) is 64.9 cm³/mol. The fourth-order valence-electron chi connectivity index (χ4n) is 1.44. The van der Waals surface area contributed by atoms with E-state index < -0.39 is 0 Å². The van der Waals surface area contributed by atoms with E-state index in [4.69, 9.17) is 9.47 Å². The van der Waals surface area contributed by atoms with Crippen LogP contribution in [0.2, 0.25) is 0 Å². The molecular formula is C13H26O2. The van der Waals surface area contributed by atoms with E-state index in [-0.39, 0.29) is 6.29 Å². The molecule has 0 aromatic rings. The highest BCUT2D eigenvalue weighted by Gasteiger charge is 2.06. The van der Waals surface area contributed by atoms with Crippen LogP contribution in [0.5, 0.6) is 0 Å². The third-order valence-corrected chi connectivity index (χ3v) is 2.17. The molecule has 0 N–H and O–H groups in total. The lowest BCUT2D eigenvalue weighted by Crippen LogP contribution is -2.17. The summed E-state index contributed by atoms with van der Waals surface area (Å²) in [7, 11) is 0. The largest absolute Gasteiger partial charge is 0.353 e. The topological polar surface area (TPSA) is 18.5 Å². The van der Waals surface area contributed by atoms with E-state index in [1.54, 1.807) is 0 Å². The fourth-order valence-corrected chi connectivity index (χ4v) is 1.44. The number of hydrogen-bond acceptors (Lipinski definition) is 2. The van der Waals surface area contributed by atoms with Crippen molar-refractivity contribution < 1.29 is 9.47 Å². The minimum atomic E-state index is 0.00940. The molecule has 0 unspecified atom stereocenters. The van der Waals surface area contributed by atoms with Crippen LogP contribution in [0.3, 0.4) is 0 Å². The van der Waals surface area contributed by atoms with Crippen LogP contribution in [0.25, 0.3) is 0 Å². The first-order valence-electron chi connectivity index (χ1n) is 6.23. The van der Waals surface area contributed by atoms with E-state index in [1.165, 1.54) is 19.3 Å². The van der Waals surface area contributed by atoms with Crippen LogP contribution in [0, 0.1) is 0 Å². The van der Waals surface area contributed by atoms with Crippen molar-refractivity contribution in [2.45, 2.75) is 59.2 Å². The maximum atomic E-state index is 5.47. The third kappa shape index (κ3) is 9.95. The van der Waals surface area contributed by atoms with Crippen LogP contribution in [0.1, 0.15) is 52.9 Å². The first-order valence-corrected chi connectivity index (χ1v) is 6.23. The summed E-state index contributed by atoms with van der Waals surface area (Å²) in [6.07, 6.45) is 10.2. The van der Waals surface area contributed by atoms with E-state index in [2.05, 4.69) is 19.1 Å². The molecule has 0 rings (SSSR count). The molecule has 0 spiro atoms. The molecule has 0 saturated carbocycles. The van der Waals surface area contributed by atoms with Crippen molar-refractivity contribution >= 4 is 0 Å². The van der Waals surface area contributed by atoms with Gasteiger partial charge in [0.05, 0.1) is 0 Å². The fraction of sp³-hybridized carbons (Fsp3) is 0.846. The molecule has 2 nitrogen and oxygen atoms in total. The van der Waals surface area contributed by atoms with Gasteiger partial charge in [-0.25, -0.2) is 0 Å². The average Bonchev–Trinajstić information content (AvgIpc) is 2.24. The van der Waals surface area contributed by atoms with E-state index in [0.717, 1.165) is 26.1 Å². The van der Waals surface area contributed by atoms with E-state index in [0.29, 0.717) is 0 Å². The van der Waals surface area contributed by atoms with Crippen LogP contribution < -0.4 is 0 Å². The van der Waals surface area contributed by atoms with E-state index in [1.807, 2.05) is 13.8 Å².